The zero-order valence-corrected chi connectivity index (χ0v) is 12.1. The Morgan fingerprint density at radius 3 is 3.05 bits per heavy atom. The van der Waals surface area contributed by atoms with Crippen LogP contribution in [-0.4, -0.2) is 49.0 Å². The fraction of sp³-hybridized carbons (Fsp3) is 0.750. The molecule has 0 amide bonds. The smallest absolute Gasteiger partial charge is 0.257 e. The van der Waals surface area contributed by atoms with Gasteiger partial charge in [0.15, 0.2) is 5.03 Å². The lowest BCUT2D eigenvalue weighted by Gasteiger charge is -2.33. The number of nitrogens with one attached hydrogen (secondary N) is 2. The Morgan fingerprint density at radius 1 is 1.53 bits per heavy atom. The predicted octanol–water partition coefficient (Wildman–Crippen LogP) is 0.952. The van der Waals surface area contributed by atoms with Gasteiger partial charge in [-0.05, 0) is 39.3 Å². The van der Waals surface area contributed by atoms with E-state index in [9.17, 15) is 8.42 Å². The van der Waals surface area contributed by atoms with Crippen LogP contribution >= 0.6 is 0 Å². The van der Waals surface area contributed by atoms with Crippen LogP contribution in [0.5, 0.6) is 0 Å². The Kier molecular flexibility index (Phi) is 4.95. The molecule has 2 heterocycles. The summed E-state index contributed by atoms with van der Waals surface area (Å²) in [6, 6.07) is 0.623. The number of aromatic nitrogens is 2. The van der Waals surface area contributed by atoms with E-state index >= 15 is 0 Å². The van der Waals surface area contributed by atoms with E-state index in [0.29, 0.717) is 12.6 Å². The molecular formula is C12H22N4O2S. The van der Waals surface area contributed by atoms with Gasteiger partial charge in [0.05, 0.1) is 12.5 Å². The van der Waals surface area contributed by atoms with E-state index in [4.69, 9.17) is 0 Å². The molecule has 1 aromatic rings. The van der Waals surface area contributed by atoms with E-state index in [-0.39, 0.29) is 5.03 Å². The largest absolute Gasteiger partial charge is 0.335 e. The number of likely N-dealkylation sites (tertiary alicyclic amines) is 1. The molecule has 0 saturated carbocycles. The molecule has 0 aliphatic carbocycles. The molecule has 1 aliphatic heterocycles. The molecule has 19 heavy (non-hydrogen) atoms. The molecular weight excluding hydrogens is 264 g/mol. The third-order valence-corrected chi connectivity index (χ3v) is 5.00. The minimum atomic E-state index is -3.42. The molecule has 108 valence electrons. The van der Waals surface area contributed by atoms with Crippen LogP contribution in [0.4, 0.5) is 0 Å². The molecule has 1 aromatic heterocycles. The Hall–Kier alpha value is -0.920. The third-order valence-electron chi connectivity index (χ3n) is 3.62. The maximum Gasteiger partial charge on any atom is 0.257 e. The van der Waals surface area contributed by atoms with Crippen molar-refractivity contribution in [1.82, 2.24) is 19.6 Å². The highest BCUT2D eigenvalue weighted by Gasteiger charge is 2.18. The lowest BCUT2D eigenvalue weighted by atomic mass is 10.0. The second-order valence-electron chi connectivity index (χ2n) is 5.05. The lowest BCUT2D eigenvalue weighted by molar-refractivity contribution is 0.159. The van der Waals surface area contributed by atoms with Crippen LogP contribution in [0.1, 0.15) is 32.6 Å². The van der Waals surface area contributed by atoms with Gasteiger partial charge in [0.1, 0.15) is 0 Å². The molecule has 0 radical (unpaired) electrons. The molecule has 1 fully saturated rings. The van der Waals surface area contributed by atoms with Gasteiger partial charge in [-0.2, -0.15) is 0 Å². The van der Waals surface area contributed by atoms with Gasteiger partial charge < -0.3 is 9.88 Å². The Morgan fingerprint density at radius 2 is 2.37 bits per heavy atom. The highest BCUT2D eigenvalue weighted by molar-refractivity contribution is 7.89. The van der Waals surface area contributed by atoms with E-state index in [1.54, 1.807) is 0 Å². The molecule has 1 aliphatic rings. The molecule has 1 unspecified atom stereocenters. The average molecular weight is 286 g/mol. The highest BCUT2D eigenvalue weighted by Crippen LogP contribution is 2.16. The van der Waals surface area contributed by atoms with Crippen molar-refractivity contribution in [2.24, 2.45) is 0 Å². The number of piperidine rings is 1. The number of nitrogens with zero attached hydrogens (tertiary/aromatic N) is 2. The first-order valence-corrected chi connectivity index (χ1v) is 8.30. The minimum Gasteiger partial charge on any atom is -0.335 e. The number of aromatic amines is 1. The normalized spacial score (nSPS) is 21.6. The second-order valence-corrected chi connectivity index (χ2v) is 6.78. The first kappa shape index (κ1) is 14.5. The molecule has 2 rings (SSSR count). The number of hydrogen-bond acceptors (Lipinski definition) is 4. The first-order chi connectivity index (χ1) is 9.09. The van der Waals surface area contributed by atoms with Gasteiger partial charge in [-0.15, -0.1) is 0 Å². The van der Waals surface area contributed by atoms with Crippen molar-refractivity contribution in [3.8, 4) is 0 Å². The molecule has 0 bridgehead atoms. The van der Waals surface area contributed by atoms with Gasteiger partial charge >= 0.3 is 0 Å². The van der Waals surface area contributed by atoms with Crippen LogP contribution in [0.15, 0.2) is 17.6 Å². The van der Waals surface area contributed by atoms with Crippen molar-refractivity contribution in [2.75, 3.05) is 19.6 Å². The number of sulfonamides is 1. The Labute approximate surface area is 114 Å². The summed E-state index contributed by atoms with van der Waals surface area (Å²) in [7, 11) is -3.42. The van der Waals surface area contributed by atoms with Crippen molar-refractivity contribution in [3.05, 3.63) is 12.5 Å². The van der Waals surface area contributed by atoms with Crippen LogP contribution in [-0.2, 0) is 10.0 Å². The van der Waals surface area contributed by atoms with Crippen molar-refractivity contribution in [2.45, 2.75) is 43.7 Å². The number of H-pyrrole nitrogens is 1. The van der Waals surface area contributed by atoms with E-state index in [0.717, 1.165) is 19.5 Å². The van der Waals surface area contributed by atoms with E-state index in [1.165, 1.54) is 31.8 Å². The maximum absolute atomic E-state index is 11.8. The fourth-order valence-electron chi connectivity index (χ4n) is 2.45. The fourth-order valence-corrected chi connectivity index (χ4v) is 3.42. The highest BCUT2D eigenvalue weighted by atomic mass is 32.2. The molecule has 2 N–H and O–H groups in total. The summed E-state index contributed by atoms with van der Waals surface area (Å²) in [5, 5.41) is 0.124. The van der Waals surface area contributed by atoms with Crippen LogP contribution in [0.3, 0.4) is 0 Å². The Balaban J connectivity index is 1.72. The van der Waals surface area contributed by atoms with Gasteiger partial charge in [-0.3, -0.25) is 0 Å². The number of imidazole rings is 1. The Bertz CT molecular complexity index is 472. The molecule has 6 nitrogen and oxygen atoms in total. The maximum atomic E-state index is 11.8. The van der Waals surface area contributed by atoms with Crippen molar-refractivity contribution in [1.29, 1.82) is 0 Å². The second kappa shape index (κ2) is 6.49. The average Bonchev–Trinajstić information content (AvgIpc) is 2.91. The van der Waals surface area contributed by atoms with Crippen molar-refractivity contribution >= 4 is 10.0 Å². The van der Waals surface area contributed by atoms with Crippen LogP contribution in [0, 0.1) is 0 Å². The molecule has 7 heteroatoms. The molecule has 1 saturated heterocycles. The van der Waals surface area contributed by atoms with Gasteiger partial charge in [-0.25, -0.2) is 18.1 Å². The third kappa shape index (κ3) is 4.02. The van der Waals surface area contributed by atoms with Crippen molar-refractivity contribution < 1.29 is 8.42 Å². The number of hydrogen-bond donors (Lipinski definition) is 2. The van der Waals surface area contributed by atoms with Crippen LogP contribution in [0.2, 0.25) is 0 Å². The molecule has 1 atom stereocenters. The molecule has 0 spiro atoms. The summed E-state index contributed by atoms with van der Waals surface area (Å²) in [6.45, 7) is 4.79. The van der Waals surface area contributed by atoms with Crippen LogP contribution in [0.25, 0.3) is 0 Å². The summed E-state index contributed by atoms with van der Waals surface area (Å²) >= 11 is 0. The zero-order chi connectivity index (χ0) is 13.7. The van der Waals surface area contributed by atoms with Crippen molar-refractivity contribution in [3.63, 3.8) is 0 Å². The molecule has 0 aromatic carbocycles. The van der Waals surface area contributed by atoms with E-state index in [1.807, 2.05) is 0 Å². The standard InChI is InChI=1S/C12H22N4O2S/c1-11-5-2-3-7-16(11)8-4-6-15-19(17,18)12-9-13-10-14-12/h9-11,15H,2-8H2,1H3,(H,13,14). The van der Waals surface area contributed by atoms with Crippen LogP contribution < -0.4 is 4.72 Å². The van der Waals surface area contributed by atoms with Gasteiger partial charge in [-0.1, -0.05) is 6.42 Å². The van der Waals surface area contributed by atoms with E-state index < -0.39 is 10.0 Å². The zero-order valence-electron chi connectivity index (χ0n) is 11.3. The van der Waals surface area contributed by atoms with Gasteiger partial charge in [0.2, 0.25) is 0 Å². The number of rotatable bonds is 6. The summed E-state index contributed by atoms with van der Waals surface area (Å²) in [5.74, 6) is 0. The summed E-state index contributed by atoms with van der Waals surface area (Å²) < 4.78 is 26.2. The SMILES string of the molecule is CC1CCCCN1CCCNS(=O)(=O)c1cnc[nH]1. The topological polar surface area (TPSA) is 78.1 Å². The monoisotopic (exact) mass is 286 g/mol. The van der Waals surface area contributed by atoms with E-state index in [2.05, 4.69) is 26.5 Å². The summed E-state index contributed by atoms with van der Waals surface area (Å²) in [5.41, 5.74) is 0. The summed E-state index contributed by atoms with van der Waals surface area (Å²) in [6.07, 6.45) is 7.32. The lowest BCUT2D eigenvalue weighted by Crippen LogP contribution is -2.39. The quantitative estimate of drug-likeness (QED) is 0.763. The minimum absolute atomic E-state index is 0.124. The summed E-state index contributed by atoms with van der Waals surface area (Å²) in [4.78, 5) is 8.76. The van der Waals surface area contributed by atoms with Gasteiger partial charge in [0, 0.05) is 12.6 Å². The van der Waals surface area contributed by atoms with Gasteiger partial charge in [0.25, 0.3) is 10.0 Å². The first-order valence-electron chi connectivity index (χ1n) is 6.82. The predicted molar refractivity (Wildman–Crippen MR) is 73.3 cm³/mol.